The van der Waals surface area contributed by atoms with Gasteiger partial charge in [-0.3, -0.25) is 14.9 Å². The van der Waals surface area contributed by atoms with E-state index in [1.54, 1.807) is 32.7 Å². The second kappa shape index (κ2) is 8.24. The maximum atomic E-state index is 13.2. The molecule has 31 heavy (non-hydrogen) atoms. The lowest BCUT2D eigenvalue weighted by Crippen LogP contribution is -2.55. The molecule has 1 spiro atoms. The van der Waals surface area contributed by atoms with E-state index in [9.17, 15) is 19.7 Å². The molecule has 1 saturated carbocycles. The number of anilines is 1. The number of alkyl carbamates (subject to hydrolysis) is 1. The van der Waals surface area contributed by atoms with Gasteiger partial charge in [-0.25, -0.2) is 4.79 Å². The average molecular weight is 434 g/mol. The number of nitro groups is 1. The molecule has 1 saturated heterocycles. The molecule has 1 aliphatic carbocycles. The third-order valence-corrected chi connectivity index (χ3v) is 5.89. The Morgan fingerprint density at radius 2 is 1.94 bits per heavy atom. The number of ether oxygens (including phenoxy) is 2. The molecule has 1 atom stereocenters. The quantitative estimate of drug-likeness (QED) is 0.539. The normalized spacial score (nSPS) is 19.5. The third-order valence-electron chi connectivity index (χ3n) is 5.89. The molecule has 10 heteroatoms. The predicted molar refractivity (Wildman–Crippen MR) is 115 cm³/mol. The van der Waals surface area contributed by atoms with E-state index in [1.807, 2.05) is 0 Å². The van der Waals surface area contributed by atoms with Crippen LogP contribution >= 0.6 is 0 Å². The number of nitro benzene ring substituents is 1. The average Bonchev–Trinajstić information content (AvgIpc) is 3.47. The third kappa shape index (κ3) is 4.83. The van der Waals surface area contributed by atoms with Crippen LogP contribution < -0.4 is 15.4 Å². The van der Waals surface area contributed by atoms with Crippen molar-refractivity contribution in [1.29, 1.82) is 0 Å². The maximum Gasteiger partial charge on any atom is 0.407 e. The zero-order chi connectivity index (χ0) is 23.0. The highest BCUT2D eigenvalue weighted by molar-refractivity contribution is 5.97. The SMILES string of the molecule is CNc1c(OC)cc(C(=O)N2CCC3(CC3)C(NC(=O)OC(C)(C)C)C2)cc1[N+](=O)[O-]. The van der Waals surface area contributed by atoms with Crippen molar-refractivity contribution in [2.24, 2.45) is 5.41 Å². The highest BCUT2D eigenvalue weighted by Gasteiger charge is 2.53. The summed E-state index contributed by atoms with van der Waals surface area (Å²) in [5, 5.41) is 17.2. The van der Waals surface area contributed by atoms with Crippen LogP contribution in [0.4, 0.5) is 16.2 Å². The topological polar surface area (TPSA) is 123 Å². The van der Waals surface area contributed by atoms with E-state index in [1.165, 1.54) is 19.2 Å². The molecule has 1 unspecified atom stereocenters. The van der Waals surface area contributed by atoms with Crippen LogP contribution in [-0.2, 0) is 4.74 Å². The van der Waals surface area contributed by atoms with Gasteiger partial charge in [-0.2, -0.15) is 0 Å². The van der Waals surface area contributed by atoms with Crippen LogP contribution in [-0.4, -0.2) is 60.7 Å². The van der Waals surface area contributed by atoms with E-state index in [0.717, 1.165) is 19.3 Å². The number of benzene rings is 1. The molecule has 170 valence electrons. The van der Waals surface area contributed by atoms with Crippen molar-refractivity contribution < 1.29 is 24.0 Å². The molecule has 1 aromatic carbocycles. The van der Waals surface area contributed by atoms with Crippen LogP contribution in [0, 0.1) is 15.5 Å². The highest BCUT2D eigenvalue weighted by atomic mass is 16.6. The van der Waals surface area contributed by atoms with Gasteiger partial charge in [0, 0.05) is 26.2 Å². The number of carbonyl (C=O) groups is 2. The van der Waals surface area contributed by atoms with E-state index in [4.69, 9.17) is 9.47 Å². The molecule has 0 radical (unpaired) electrons. The summed E-state index contributed by atoms with van der Waals surface area (Å²) in [6.07, 6.45) is 2.23. The second-order valence-corrected chi connectivity index (χ2v) is 9.14. The van der Waals surface area contributed by atoms with E-state index in [-0.39, 0.29) is 40.1 Å². The highest BCUT2D eigenvalue weighted by Crippen LogP contribution is 2.54. The Bertz CT molecular complexity index is 891. The van der Waals surface area contributed by atoms with Crippen LogP contribution in [0.2, 0.25) is 0 Å². The van der Waals surface area contributed by atoms with Crippen molar-refractivity contribution in [3.63, 3.8) is 0 Å². The van der Waals surface area contributed by atoms with Crippen LogP contribution in [0.15, 0.2) is 12.1 Å². The first kappa shape index (κ1) is 22.6. The maximum absolute atomic E-state index is 13.2. The minimum absolute atomic E-state index is 0.00659. The van der Waals surface area contributed by atoms with Crippen molar-refractivity contribution in [1.82, 2.24) is 10.2 Å². The van der Waals surface area contributed by atoms with Crippen molar-refractivity contribution >= 4 is 23.4 Å². The summed E-state index contributed by atoms with van der Waals surface area (Å²) in [5.41, 5.74) is -0.471. The van der Waals surface area contributed by atoms with Gasteiger partial charge in [-0.05, 0) is 51.5 Å². The zero-order valence-corrected chi connectivity index (χ0v) is 18.6. The molecule has 10 nitrogen and oxygen atoms in total. The molecule has 2 N–H and O–H groups in total. The van der Waals surface area contributed by atoms with Gasteiger partial charge in [0.2, 0.25) is 0 Å². The van der Waals surface area contributed by atoms with Crippen molar-refractivity contribution in [2.45, 2.75) is 51.7 Å². The Morgan fingerprint density at radius 3 is 2.45 bits per heavy atom. The summed E-state index contributed by atoms with van der Waals surface area (Å²) >= 11 is 0. The van der Waals surface area contributed by atoms with Crippen LogP contribution in [0.5, 0.6) is 5.75 Å². The van der Waals surface area contributed by atoms with E-state index < -0.39 is 16.6 Å². The molecule has 1 aliphatic heterocycles. The fourth-order valence-corrected chi connectivity index (χ4v) is 4.09. The summed E-state index contributed by atoms with van der Waals surface area (Å²) in [6, 6.07) is 2.53. The summed E-state index contributed by atoms with van der Waals surface area (Å²) in [6.45, 7) is 6.24. The minimum atomic E-state index is -0.616. The molecule has 1 aromatic rings. The molecule has 2 aliphatic rings. The lowest BCUT2D eigenvalue weighted by atomic mass is 9.88. The van der Waals surface area contributed by atoms with Gasteiger partial charge in [-0.15, -0.1) is 0 Å². The summed E-state index contributed by atoms with van der Waals surface area (Å²) in [5.74, 6) is -0.116. The Morgan fingerprint density at radius 1 is 1.26 bits per heavy atom. The molecule has 1 heterocycles. The van der Waals surface area contributed by atoms with Gasteiger partial charge in [0.1, 0.15) is 11.4 Å². The molecule has 0 bridgehead atoms. The van der Waals surface area contributed by atoms with Gasteiger partial charge in [0.15, 0.2) is 5.69 Å². The minimum Gasteiger partial charge on any atom is -0.494 e. The van der Waals surface area contributed by atoms with Crippen LogP contribution in [0.1, 0.15) is 50.4 Å². The Kier molecular flexibility index (Phi) is 6.02. The summed E-state index contributed by atoms with van der Waals surface area (Å²) in [7, 11) is 2.95. The first-order valence-electron chi connectivity index (χ1n) is 10.3. The van der Waals surface area contributed by atoms with Crippen LogP contribution in [0.3, 0.4) is 0 Å². The number of hydrogen-bond acceptors (Lipinski definition) is 7. The molecular weight excluding hydrogens is 404 g/mol. The van der Waals surface area contributed by atoms with E-state index in [2.05, 4.69) is 10.6 Å². The van der Waals surface area contributed by atoms with Gasteiger partial charge in [0.25, 0.3) is 11.6 Å². The van der Waals surface area contributed by atoms with E-state index >= 15 is 0 Å². The van der Waals surface area contributed by atoms with Gasteiger partial charge < -0.3 is 25.0 Å². The Labute approximate surface area is 181 Å². The number of hydrogen-bond donors (Lipinski definition) is 2. The number of likely N-dealkylation sites (tertiary alicyclic amines) is 1. The number of piperidine rings is 1. The first-order valence-corrected chi connectivity index (χ1v) is 10.3. The number of amides is 2. The van der Waals surface area contributed by atoms with Gasteiger partial charge in [0.05, 0.1) is 23.6 Å². The fraction of sp³-hybridized carbons (Fsp3) is 0.619. The first-order chi connectivity index (χ1) is 14.5. The lowest BCUT2D eigenvalue weighted by Gasteiger charge is -2.39. The van der Waals surface area contributed by atoms with Crippen molar-refractivity contribution in [3.8, 4) is 5.75 Å². The Hall–Kier alpha value is -3.04. The lowest BCUT2D eigenvalue weighted by molar-refractivity contribution is -0.384. The summed E-state index contributed by atoms with van der Waals surface area (Å²) in [4.78, 5) is 38.1. The fourth-order valence-electron chi connectivity index (χ4n) is 4.09. The Balaban J connectivity index is 1.81. The van der Waals surface area contributed by atoms with Crippen molar-refractivity contribution in [2.75, 3.05) is 32.6 Å². The molecule has 2 fully saturated rings. The molecule has 2 amide bonds. The number of nitrogens with zero attached hydrogens (tertiary/aromatic N) is 2. The standard InChI is InChI=1S/C21H30N4O6/c1-20(2,3)31-19(27)23-16-12-24(9-8-21(16)6-7-21)18(26)13-10-14(25(28)29)17(22-4)15(11-13)30-5/h10-11,16,22H,6-9,12H2,1-5H3,(H,23,27). The number of methoxy groups -OCH3 is 1. The molecule has 0 aromatic heterocycles. The monoisotopic (exact) mass is 434 g/mol. The predicted octanol–water partition coefficient (Wildman–Crippen LogP) is 3.16. The van der Waals surface area contributed by atoms with Crippen LogP contribution in [0.25, 0.3) is 0 Å². The largest absolute Gasteiger partial charge is 0.494 e. The van der Waals surface area contributed by atoms with Gasteiger partial charge in [-0.1, -0.05) is 0 Å². The van der Waals surface area contributed by atoms with E-state index in [0.29, 0.717) is 13.1 Å². The number of nitrogens with one attached hydrogen (secondary N) is 2. The smallest absolute Gasteiger partial charge is 0.407 e. The zero-order valence-electron chi connectivity index (χ0n) is 18.6. The summed E-state index contributed by atoms with van der Waals surface area (Å²) < 4.78 is 10.6. The molecular formula is C21H30N4O6. The molecule has 3 rings (SSSR count). The second-order valence-electron chi connectivity index (χ2n) is 9.14. The van der Waals surface area contributed by atoms with Gasteiger partial charge >= 0.3 is 6.09 Å². The number of carbonyl (C=O) groups excluding carboxylic acids is 2. The number of rotatable bonds is 5. The van der Waals surface area contributed by atoms with Crippen molar-refractivity contribution in [3.05, 3.63) is 27.8 Å².